The number of nitrogens with zero attached hydrogens (tertiary/aromatic N) is 6. The summed E-state index contributed by atoms with van der Waals surface area (Å²) >= 11 is 0. The van der Waals surface area contributed by atoms with E-state index >= 15 is 0 Å². The van der Waals surface area contributed by atoms with Crippen LogP contribution in [0.5, 0.6) is 0 Å². The molecule has 2 aromatic carbocycles. The van der Waals surface area contributed by atoms with Gasteiger partial charge in [0.15, 0.2) is 0 Å². The second kappa shape index (κ2) is 12.0. The highest BCUT2D eigenvalue weighted by Crippen LogP contribution is 2.25. The molecule has 2 heterocycles. The second-order valence-corrected chi connectivity index (χ2v) is 6.81. The topological polar surface area (TPSA) is 152 Å². The van der Waals surface area contributed by atoms with E-state index in [0.29, 0.717) is 0 Å². The van der Waals surface area contributed by atoms with E-state index in [4.69, 9.17) is 35.6 Å². The van der Waals surface area contributed by atoms with Crippen LogP contribution in [0.15, 0.2) is 60.8 Å². The molecule has 33 heavy (non-hydrogen) atoms. The van der Waals surface area contributed by atoms with E-state index in [2.05, 4.69) is 82.4 Å². The molecule has 0 aliphatic heterocycles. The largest absolute Gasteiger partial charge is 0.328 e. The summed E-state index contributed by atoms with van der Waals surface area (Å²) in [5.74, 6) is 1.02. The van der Waals surface area contributed by atoms with Gasteiger partial charge in [-0.3, -0.25) is 4.40 Å². The zero-order valence-corrected chi connectivity index (χ0v) is 18.3. The maximum atomic E-state index is 8.36. The van der Waals surface area contributed by atoms with Crippen LogP contribution in [0.3, 0.4) is 0 Å². The molecule has 2 N–H and O–H groups in total. The number of fused-ring (bicyclic) bond motifs is 3. The van der Waals surface area contributed by atoms with Gasteiger partial charge < -0.3 is 19.9 Å². The Morgan fingerprint density at radius 2 is 1.42 bits per heavy atom. The first-order chi connectivity index (χ1) is 15.8. The fourth-order valence-corrected chi connectivity index (χ4v) is 3.49. The van der Waals surface area contributed by atoms with Crippen molar-refractivity contribution in [3.8, 4) is 11.3 Å². The zero-order valence-electron chi connectivity index (χ0n) is 18.3. The fraction of sp³-hybridized carbons (Fsp3) is 0.286. The molecule has 0 fully saturated rings. The Kier molecular flexibility index (Phi) is 9.12. The zero-order chi connectivity index (χ0) is 24.4. The Balaban J connectivity index is 0.000000420. The lowest BCUT2D eigenvalue weighted by Gasteiger charge is -2.18. The van der Waals surface area contributed by atoms with Crippen molar-refractivity contribution in [3.05, 3.63) is 81.0 Å². The summed E-state index contributed by atoms with van der Waals surface area (Å²) in [5.41, 5.74) is 4.65. The summed E-state index contributed by atoms with van der Waals surface area (Å²) in [7, 11) is 0. The third kappa shape index (κ3) is 6.90. The molecule has 0 aliphatic rings. The van der Waals surface area contributed by atoms with Crippen molar-refractivity contribution in [3.63, 3.8) is 0 Å². The molecule has 0 unspecified atom stereocenters. The maximum absolute atomic E-state index is 8.36. The van der Waals surface area contributed by atoms with Crippen molar-refractivity contribution in [2.24, 2.45) is 0 Å². The number of hydrogen-bond acceptors (Lipinski definition) is 6. The van der Waals surface area contributed by atoms with Gasteiger partial charge in [-0.25, -0.2) is 4.98 Å². The summed E-state index contributed by atoms with van der Waals surface area (Å²) < 4.78 is 4.57. The molecular weight excluding hydrogens is 432 g/mol. The highest BCUT2D eigenvalue weighted by atomic mass is 16.9. The monoisotopic (exact) mass is 458 g/mol. The average molecular weight is 458 g/mol. The summed E-state index contributed by atoms with van der Waals surface area (Å²) in [4.78, 5) is 24.1. The van der Waals surface area contributed by atoms with E-state index < -0.39 is 10.2 Å². The second-order valence-electron chi connectivity index (χ2n) is 6.81. The van der Waals surface area contributed by atoms with Crippen molar-refractivity contribution in [2.75, 3.05) is 19.6 Å². The van der Waals surface area contributed by atoms with Gasteiger partial charge in [-0.05, 0) is 25.2 Å². The predicted molar refractivity (Wildman–Crippen MR) is 121 cm³/mol. The van der Waals surface area contributed by atoms with E-state index in [1.807, 2.05) is 6.07 Å². The first-order valence-corrected chi connectivity index (χ1v) is 10.2. The number of hydrogen-bond donors (Lipinski definition) is 2. The average Bonchev–Trinajstić information content (AvgIpc) is 3.33. The van der Waals surface area contributed by atoms with Gasteiger partial charge in [-0.1, -0.05) is 56.3 Å². The van der Waals surface area contributed by atoms with Crippen molar-refractivity contribution >= 4 is 16.8 Å². The Labute approximate surface area is 189 Å². The lowest BCUT2D eigenvalue weighted by molar-refractivity contribution is -0.742. The Morgan fingerprint density at radius 1 is 0.909 bits per heavy atom. The third-order valence-corrected chi connectivity index (χ3v) is 4.96. The molecule has 0 radical (unpaired) electrons. The highest BCUT2D eigenvalue weighted by Gasteiger charge is 2.14. The van der Waals surface area contributed by atoms with Gasteiger partial charge in [0, 0.05) is 24.8 Å². The van der Waals surface area contributed by atoms with Gasteiger partial charge in [-0.15, -0.1) is 20.2 Å². The smallest absolute Gasteiger partial charge is 0.291 e. The van der Waals surface area contributed by atoms with E-state index in [9.17, 15) is 0 Å². The van der Waals surface area contributed by atoms with Crippen LogP contribution >= 0.6 is 0 Å². The minimum atomic E-state index is -1.50. The summed E-state index contributed by atoms with van der Waals surface area (Å²) in [5, 5.41) is 27.3. The van der Waals surface area contributed by atoms with Crippen LogP contribution in [-0.4, -0.2) is 59.1 Å². The first kappa shape index (κ1) is 25.1. The van der Waals surface area contributed by atoms with Gasteiger partial charge in [0.1, 0.15) is 0 Å². The van der Waals surface area contributed by atoms with Gasteiger partial charge in [0.2, 0.25) is 5.78 Å². The van der Waals surface area contributed by atoms with Crippen LogP contribution in [0.1, 0.15) is 13.8 Å². The Bertz CT molecular complexity index is 1170. The lowest BCUT2D eigenvalue weighted by Crippen LogP contribution is -2.27. The van der Waals surface area contributed by atoms with Crippen LogP contribution in [0.25, 0.3) is 28.1 Å². The molecular formula is C21H26N6O6. The molecule has 2 aromatic heterocycles. The molecule has 176 valence electrons. The van der Waals surface area contributed by atoms with Crippen LogP contribution in [-0.2, 0) is 6.54 Å². The van der Waals surface area contributed by atoms with Crippen molar-refractivity contribution < 1.29 is 20.6 Å². The molecule has 0 spiro atoms. The number of likely N-dealkylation sites (N-methyl/N-ethyl adjacent to an activating group) is 1. The Morgan fingerprint density at radius 3 is 1.97 bits per heavy atom. The van der Waals surface area contributed by atoms with E-state index in [1.54, 1.807) is 0 Å². The van der Waals surface area contributed by atoms with Gasteiger partial charge in [0.05, 0.1) is 16.7 Å². The SMILES string of the molecule is CCN(CC)CCn1c2ccccc2n2cc(-c3ccccc3)nc12.O=[N+]([O-])O.O=[N+]([O-])O. The number of benzene rings is 2. The molecule has 0 aliphatic carbocycles. The molecule has 4 rings (SSSR count). The van der Waals surface area contributed by atoms with Crippen molar-refractivity contribution in [1.29, 1.82) is 0 Å². The molecule has 0 atom stereocenters. The van der Waals surface area contributed by atoms with Crippen LogP contribution in [0, 0.1) is 20.2 Å². The van der Waals surface area contributed by atoms with Gasteiger partial charge in [-0.2, -0.15) is 0 Å². The van der Waals surface area contributed by atoms with Crippen molar-refractivity contribution in [2.45, 2.75) is 20.4 Å². The number of imidazole rings is 2. The van der Waals surface area contributed by atoms with Gasteiger partial charge in [0.25, 0.3) is 10.2 Å². The standard InChI is InChI=1S/C21H24N4.2HNO3/c1-3-23(4-2)14-15-24-19-12-8-9-13-20(19)25-16-18(22-21(24)25)17-10-6-5-7-11-17;2*2-1(3)4/h5-13,16H,3-4,14-15H2,1-2H3;2*(H,2,3,4). The Hall–Kier alpha value is -4.19. The van der Waals surface area contributed by atoms with E-state index in [-0.39, 0.29) is 0 Å². The molecule has 0 saturated carbocycles. The van der Waals surface area contributed by atoms with Crippen LogP contribution in [0.4, 0.5) is 0 Å². The van der Waals surface area contributed by atoms with Gasteiger partial charge >= 0.3 is 0 Å². The molecule has 0 saturated heterocycles. The number of aromatic nitrogens is 3. The summed E-state index contributed by atoms with van der Waals surface area (Å²) in [6.45, 7) is 8.58. The third-order valence-electron chi connectivity index (χ3n) is 4.96. The molecule has 0 amide bonds. The first-order valence-electron chi connectivity index (χ1n) is 10.2. The maximum Gasteiger partial charge on any atom is 0.291 e. The van der Waals surface area contributed by atoms with E-state index in [1.165, 1.54) is 11.0 Å². The van der Waals surface area contributed by atoms with E-state index in [0.717, 1.165) is 43.2 Å². The quantitative estimate of drug-likeness (QED) is 0.328. The molecule has 0 bridgehead atoms. The highest BCUT2D eigenvalue weighted by molar-refractivity contribution is 5.82. The predicted octanol–water partition coefficient (Wildman–Crippen LogP) is 3.60. The number of para-hydroxylation sites is 2. The minimum absolute atomic E-state index is 0.948. The summed E-state index contributed by atoms with van der Waals surface area (Å²) in [6, 6.07) is 19.0. The minimum Gasteiger partial charge on any atom is -0.328 e. The number of rotatable bonds is 6. The fourth-order valence-electron chi connectivity index (χ4n) is 3.49. The molecule has 4 aromatic rings. The molecule has 12 heteroatoms. The summed E-state index contributed by atoms with van der Waals surface area (Å²) in [6.07, 6.45) is 2.15. The van der Waals surface area contributed by atoms with Crippen LogP contribution < -0.4 is 0 Å². The normalized spacial score (nSPS) is 10.4. The van der Waals surface area contributed by atoms with Crippen LogP contribution in [0.2, 0.25) is 0 Å². The lowest BCUT2D eigenvalue weighted by atomic mass is 10.2. The molecule has 12 nitrogen and oxygen atoms in total. The van der Waals surface area contributed by atoms with Crippen molar-refractivity contribution in [1.82, 2.24) is 18.9 Å².